The van der Waals surface area contributed by atoms with Crippen LogP contribution in [0.1, 0.15) is 12.0 Å². The van der Waals surface area contributed by atoms with Crippen molar-refractivity contribution in [2.45, 2.75) is 19.4 Å². The molecule has 1 heterocycles. The SMILES string of the molecule is O=C(Cc1cccc(F)c1)NCCCn1cccc1. The summed E-state index contributed by atoms with van der Waals surface area (Å²) in [6.45, 7) is 1.51. The second kappa shape index (κ2) is 6.73. The van der Waals surface area contributed by atoms with Crippen LogP contribution in [0, 0.1) is 5.82 Å². The third kappa shape index (κ3) is 4.58. The van der Waals surface area contributed by atoms with Gasteiger partial charge in [0.1, 0.15) is 5.82 Å². The normalized spacial score (nSPS) is 10.4. The van der Waals surface area contributed by atoms with Gasteiger partial charge in [0.2, 0.25) is 5.91 Å². The predicted molar refractivity (Wildman–Crippen MR) is 72.2 cm³/mol. The largest absolute Gasteiger partial charge is 0.356 e. The van der Waals surface area contributed by atoms with Gasteiger partial charge in [-0.1, -0.05) is 12.1 Å². The van der Waals surface area contributed by atoms with E-state index >= 15 is 0 Å². The van der Waals surface area contributed by atoms with Gasteiger partial charge in [0.25, 0.3) is 0 Å². The van der Waals surface area contributed by atoms with Gasteiger partial charge in [-0.25, -0.2) is 4.39 Å². The first kappa shape index (κ1) is 13.3. The van der Waals surface area contributed by atoms with Gasteiger partial charge in [-0.3, -0.25) is 4.79 Å². The molecule has 2 rings (SSSR count). The maximum absolute atomic E-state index is 12.9. The molecule has 1 aromatic heterocycles. The second-order valence-corrected chi connectivity index (χ2v) is 4.43. The Bertz CT molecular complexity index is 523. The number of rotatable bonds is 6. The summed E-state index contributed by atoms with van der Waals surface area (Å²) in [6.07, 6.45) is 5.09. The average Bonchev–Trinajstić information content (AvgIpc) is 2.88. The molecule has 3 nitrogen and oxygen atoms in total. The Labute approximate surface area is 112 Å². The number of nitrogens with zero attached hydrogens (tertiary/aromatic N) is 1. The first-order valence-corrected chi connectivity index (χ1v) is 6.36. The molecule has 0 saturated heterocycles. The van der Waals surface area contributed by atoms with Crippen LogP contribution in [0.4, 0.5) is 4.39 Å². The molecule has 1 aromatic carbocycles. The molecule has 0 radical (unpaired) electrons. The van der Waals surface area contributed by atoms with Crippen molar-refractivity contribution in [3.63, 3.8) is 0 Å². The fourth-order valence-corrected chi connectivity index (χ4v) is 1.90. The number of amides is 1. The van der Waals surface area contributed by atoms with E-state index in [1.807, 2.05) is 24.5 Å². The standard InChI is InChI=1S/C15H17FN2O/c16-14-6-3-5-13(11-14)12-15(19)17-7-4-10-18-8-1-2-9-18/h1-3,5-6,8-9,11H,4,7,10,12H2,(H,17,19). The van der Waals surface area contributed by atoms with Crippen molar-refractivity contribution >= 4 is 5.91 Å². The summed E-state index contributed by atoms with van der Waals surface area (Å²) in [5.74, 6) is -0.379. The first-order valence-electron chi connectivity index (χ1n) is 6.36. The van der Waals surface area contributed by atoms with Crippen molar-refractivity contribution in [1.29, 1.82) is 0 Å². The number of carbonyl (C=O) groups is 1. The number of aromatic nitrogens is 1. The van der Waals surface area contributed by atoms with Crippen molar-refractivity contribution in [2.24, 2.45) is 0 Å². The topological polar surface area (TPSA) is 34.0 Å². The van der Waals surface area contributed by atoms with Crippen LogP contribution in [0.2, 0.25) is 0 Å². The van der Waals surface area contributed by atoms with E-state index in [1.54, 1.807) is 12.1 Å². The summed E-state index contributed by atoms with van der Waals surface area (Å²) in [5.41, 5.74) is 0.697. The van der Waals surface area contributed by atoms with Gasteiger partial charge >= 0.3 is 0 Å². The number of hydrogen-bond donors (Lipinski definition) is 1. The first-order chi connectivity index (χ1) is 9.24. The predicted octanol–water partition coefficient (Wildman–Crippen LogP) is 2.38. The fourth-order valence-electron chi connectivity index (χ4n) is 1.90. The molecule has 4 heteroatoms. The lowest BCUT2D eigenvalue weighted by molar-refractivity contribution is -0.120. The molecule has 0 bridgehead atoms. The minimum atomic E-state index is -0.307. The molecular weight excluding hydrogens is 243 g/mol. The van der Waals surface area contributed by atoms with E-state index in [2.05, 4.69) is 9.88 Å². The number of nitrogens with one attached hydrogen (secondary N) is 1. The third-order valence-electron chi connectivity index (χ3n) is 2.84. The number of aryl methyl sites for hydroxylation is 1. The van der Waals surface area contributed by atoms with Crippen molar-refractivity contribution in [3.8, 4) is 0 Å². The van der Waals surface area contributed by atoms with E-state index in [1.165, 1.54) is 12.1 Å². The van der Waals surface area contributed by atoms with E-state index in [9.17, 15) is 9.18 Å². The molecule has 2 aromatic rings. The summed E-state index contributed by atoms with van der Waals surface area (Å²) in [7, 11) is 0. The van der Waals surface area contributed by atoms with Crippen molar-refractivity contribution < 1.29 is 9.18 Å². The minimum Gasteiger partial charge on any atom is -0.356 e. The Balaban J connectivity index is 1.67. The van der Waals surface area contributed by atoms with E-state index in [-0.39, 0.29) is 18.1 Å². The molecular formula is C15H17FN2O. The molecule has 0 atom stereocenters. The number of benzene rings is 1. The Morgan fingerprint density at radius 2 is 2.00 bits per heavy atom. The highest BCUT2D eigenvalue weighted by atomic mass is 19.1. The average molecular weight is 260 g/mol. The quantitative estimate of drug-likeness (QED) is 0.795. The van der Waals surface area contributed by atoms with Gasteiger partial charge in [0.15, 0.2) is 0 Å². The molecule has 1 amide bonds. The number of halogens is 1. The second-order valence-electron chi connectivity index (χ2n) is 4.43. The van der Waals surface area contributed by atoms with Crippen LogP contribution >= 0.6 is 0 Å². The monoisotopic (exact) mass is 260 g/mol. The van der Waals surface area contributed by atoms with Crippen molar-refractivity contribution in [3.05, 3.63) is 60.2 Å². The van der Waals surface area contributed by atoms with E-state index in [4.69, 9.17) is 0 Å². The van der Waals surface area contributed by atoms with Gasteiger partial charge in [0.05, 0.1) is 6.42 Å². The molecule has 0 aliphatic carbocycles. The Kier molecular flexibility index (Phi) is 4.72. The molecule has 0 unspecified atom stereocenters. The van der Waals surface area contributed by atoms with Gasteiger partial charge in [-0.2, -0.15) is 0 Å². The molecule has 100 valence electrons. The summed E-state index contributed by atoms with van der Waals surface area (Å²) in [6, 6.07) is 10.1. The third-order valence-corrected chi connectivity index (χ3v) is 2.84. The number of carbonyl (C=O) groups excluding carboxylic acids is 1. The zero-order valence-electron chi connectivity index (χ0n) is 10.7. The fraction of sp³-hybridized carbons (Fsp3) is 0.267. The van der Waals surface area contributed by atoms with Gasteiger partial charge in [-0.15, -0.1) is 0 Å². The number of hydrogen-bond acceptors (Lipinski definition) is 1. The lowest BCUT2D eigenvalue weighted by atomic mass is 10.1. The maximum Gasteiger partial charge on any atom is 0.224 e. The Morgan fingerprint density at radius 1 is 1.21 bits per heavy atom. The maximum atomic E-state index is 12.9. The summed E-state index contributed by atoms with van der Waals surface area (Å²) in [5, 5.41) is 2.84. The molecule has 1 N–H and O–H groups in total. The molecule has 0 aliphatic rings. The van der Waals surface area contributed by atoms with E-state index < -0.39 is 0 Å². The zero-order chi connectivity index (χ0) is 13.5. The minimum absolute atomic E-state index is 0.0712. The summed E-state index contributed by atoms with van der Waals surface area (Å²) in [4.78, 5) is 11.6. The van der Waals surface area contributed by atoms with Gasteiger partial charge in [-0.05, 0) is 36.2 Å². The summed E-state index contributed by atoms with van der Waals surface area (Å²) >= 11 is 0. The molecule has 19 heavy (non-hydrogen) atoms. The molecule has 0 spiro atoms. The van der Waals surface area contributed by atoms with Crippen LogP contribution in [0.25, 0.3) is 0 Å². The Morgan fingerprint density at radius 3 is 2.74 bits per heavy atom. The van der Waals surface area contributed by atoms with E-state index in [0.29, 0.717) is 12.1 Å². The smallest absolute Gasteiger partial charge is 0.224 e. The van der Waals surface area contributed by atoms with Crippen LogP contribution in [0.15, 0.2) is 48.8 Å². The van der Waals surface area contributed by atoms with Crippen molar-refractivity contribution in [1.82, 2.24) is 9.88 Å². The van der Waals surface area contributed by atoms with Crippen molar-refractivity contribution in [2.75, 3.05) is 6.54 Å². The van der Waals surface area contributed by atoms with Gasteiger partial charge < -0.3 is 9.88 Å². The van der Waals surface area contributed by atoms with Gasteiger partial charge in [0, 0.05) is 25.5 Å². The lowest BCUT2D eigenvalue weighted by Gasteiger charge is -2.06. The zero-order valence-corrected chi connectivity index (χ0v) is 10.7. The highest BCUT2D eigenvalue weighted by Crippen LogP contribution is 2.04. The summed E-state index contributed by atoms with van der Waals surface area (Å²) < 4.78 is 15.0. The lowest BCUT2D eigenvalue weighted by Crippen LogP contribution is -2.26. The highest BCUT2D eigenvalue weighted by Gasteiger charge is 2.03. The van der Waals surface area contributed by atoms with Crippen LogP contribution in [-0.2, 0) is 17.8 Å². The van der Waals surface area contributed by atoms with Crippen LogP contribution in [0.5, 0.6) is 0 Å². The molecule has 0 aliphatic heterocycles. The highest BCUT2D eigenvalue weighted by molar-refractivity contribution is 5.78. The molecule has 0 fully saturated rings. The van der Waals surface area contributed by atoms with E-state index in [0.717, 1.165) is 13.0 Å². The Hall–Kier alpha value is -2.10. The van der Waals surface area contributed by atoms with Crippen LogP contribution < -0.4 is 5.32 Å². The molecule has 0 saturated carbocycles. The van der Waals surface area contributed by atoms with Crippen LogP contribution in [0.3, 0.4) is 0 Å². The van der Waals surface area contributed by atoms with Crippen LogP contribution in [-0.4, -0.2) is 17.0 Å².